The number of thiophene rings is 1. The maximum atomic E-state index is 5.51. The molecule has 0 N–H and O–H groups in total. The first-order valence-corrected chi connectivity index (χ1v) is 5.41. The SMILES string of the molecule is Cc1sc(-c2noc(Cl)n2)cc1Br. The molecule has 6 heteroatoms. The summed E-state index contributed by atoms with van der Waals surface area (Å²) in [5, 5.41) is 3.78. The van der Waals surface area contributed by atoms with Crippen LogP contribution < -0.4 is 0 Å². The quantitative estimate of drug-likeness (QED) is 0.801. The van der Waals surface area contributed by atoms with Gasteiger partial charge in [-0.25, -0.2) is 0 Å². The Morgan fingerprint density at radius 2 is 2.38 bits per heavy atom. The second-order valence-corrected chi connectivity index (χ2v) is 4.82. The average molecular weight is 280 g/mol. The lowest BCUT2D eigenvalue weighted by atomic mass is 10.4. The Hall–Kier alpha value is -0.390. The van der Waals surface area contributed by atoms with Gasteiger partial charge in [0.25, 0.3) is 0 Å². The summed E-state index contributed by atoms with van der Waals surface area (Å²) >= 11 is 10.5. The molecule has 2 rings (SSSR count). The molecule has 0 bridgehead atoms. The van der Waals surface area contributed by atoms with Crippen molar-refractivity contribution < 1.29 is 4.52 Å². The van der Waals surface area contributed by atoms with Gasteiger partial charge in [-0.05, 0) is 40.5 Å². The second kappa shape index (κ2) is 3.40. The number of halogens is 2. The van der Waals surface area contributed by atoms with Crippen LogP contribution in [0.3, 0.4) is 0 Å². The van der Waals surface area contributed by atoms with E-state index < -0.39 is 0 Å². The average Bonchev–Trinajstić information content (AvgIpc) is 2.61. The van der Waals surface area contributed by atoms with E-state index in [1.807, 2.05) is 13.0 Å². The molecule has 0 aromatic carbocycles. The zero-order chi connectivity index (χ0) is 9.42. The second-order valence-electron chi connectivity index (χ2n) is 2.39. The van der Waals surface area contributed by atoms with Crippen molar-refractivity contribution in [2.75, 3.05) is 0 Å². The van der Waals surface area contributed by atoms with Gasteiger partial charge < -0.3 is 4.52 Å². The lowest BCUT2D eigenvalue weighted by Gasteiger charge is -1.81. The van der Waals surface area contributed by atoms with Gasteiger partial charge in [-0.15, -0.1) is 11.3 Å². The minimum Gasteiger partial charge on any atom is -0.321 e. The molecule has 13 heavy (non-hydrogen) atoms. The van der Waals surface area contributed by atoms with Crippen LogP contribution in [0.5, 0.6) is 0 Å². The van der Waals surface area contributed by atoms with E-state index in [-0.39, 0.29) is 5.35 Å². The normalized spacial score (nSPS) is 10.7. The fourth-order valence-corrected chi connectivity index (χ4v) is 2.45. The molecule has 0 spiro atoms. The lowest BCUT2D eigenvalue weighted by Crippen LogP contribution is -1.72. The van der Waals surface area contributed by atoms with E-state index in [2.05, 4.69) is 30.6 Å². The predicted molar refractivity (Wildman–Crippen MR) is 55.1 cm³/mol. The molecular formula is C7H4BrClN2OS. The van der Waals surface area contributed by atoms with Crippen LogP contribution in [0.25, 0.3) is 10.7 Å². The van der Waals surface area contributed by atoms with Crippen LogP contribution in [0.4, 0.5) is 0 Å². The Morgan fingerprint density at radius 3 is 2.85 bits per heavy atom. The van der Waals surface area contributed by atoms with Gasteiger partial charge in [0.1, 0.15) is 0 Å². The first kappa shape index (κ1) is 9.18. The van der Waals surface area contributed by atoms with Crippen LogP contribution in [0, 0.1) is 6.92 Å². The fraction of sp³-hybridized carbons (Fsp3) is 0.143. The Bertz CT molecular complexity index is 420. The fourth-order valence-electron chi connectivity index (χ4n) is 0.875. The molecule has 2 aromatic heterocycles. The molecule has 2 aromatic rings. The molecule has 68 valence electrons. The zero-order valence-corrected chi connectivity index (χ0v) is 9.70. The highest BCUT2D eigenvalue weighted by atomic mass is 79.9. The highest BCUT2D eigenvalue weighted by molar-refractivity contribution is 9.10. The van der Waals surface area contributed by atoms with Crippen molar-refractivity contribution in [2.24, 2.45) is 0 Å². The molecule has 0 fully saturated rings. The lowest BCUT2D eigenvalue weighted by molar-refractivity contribution is 0.421. The first-order valence-electron chi connectivity index (χ1n) is 3.42. The van der Waals surface area contributed by atoms with Crippen molar-refractivity contribution in [1.82, 2.24) is 10.1 Å². The highest BCUT2D eigenvalue weighted by Crippen LogP contribution is 2.32. The van der Waals surface area contributed by atoms with E-state index >= 15 is 0 Å². The van der Waals surface area contributed by atoms with Crippen molar-refractivity contribution in [2.45, 2.75) is 6.92 Å². The van der Waals surface area contributed by atoms with Gasteiger partial charge in [0.15, 0.2) is 0 Å². The topological polar surface area (TPSA) is 38.9 Å². The summed E-state index contributed by atoms with van der Waals surface area (Å²) in [5.74, 6) is 0.531. The van der Waals surface area contributed by atoms with E-state index in [0.717, 1.165) is 9.35 Å². The van der Waals surface area contributed by atoms with Gasteiger partial charge in [0.05, 0.1) is 4.88 Å². The van der Waals surface area contributed by atoms with Crippen LogP contribution >= 0.6 is 38.9 Å². The summed E-state index contributed by atoms with van der Waals surface area (Å²) in [7, 11) is 0. The third-order valence-corrected chi connectivity index (χ3v) is 3.76. The number of rotatable bonds is 1. The van der Waals surface area contributed by atoms with Gasteiger partial charge >= 0.3 is 5.35 Å². The molecular weight excluding hydrogens is 276 g/mol. The van der Waals surface area contributed by atoms with E-state index in [1.165, 1.54) is 4.88 Å². The van der Waals surface area contributed by atoms with Crippen molar-refractivity contribution >= 4 is 38.9 Å². The van der Waals surface area contributed by atoms with E-state index in [4.69, 9.17) is 11.6 Å². The summed E-state index contributed by atoms with van der Waals surface area (Å²) in [6, 6.07) is 1.95. The molecule has 0 saturated heterocycles. The summed E-state index contributed by atoms with van der Waals surface area (Å²) in [5.41, 5.74) is 0. The molecule has 0 unspecified atom stereocenters. The minimum absolute atomic E-state index is 0.0668. The first-order chi connectivity index (χ1) is 6.16. The molecule has 0 saturated carbocycles. The van der Waals surface area contributed by atoms with Gasteiger partial charge in [-0.1, -0.05) is 5.16 Å². The van der Waals surface area contributed by atoms with Crippen molar-refractivity contribution in [3.8, 4) is 10.7 Å². The van der Waals surface area contributed by atoms with Crippen LogP contribution in [-0.4, -0.2) is 10.1 Å². The third kappa shape index (κ3) is 1.77. The van der Waals surface area contributed by atoms with Crippen molar-refractivity contribution in [3.05, 3.63) is 20.8 Å². The van der Waals surface area contributed by atoms with Gasteiger partial charge in [0, 0.05) is 9.35 Å². The van der Waals surface area contributed by atoms with E-state index in [0.29, 0.717) is 5.82 Å². The molecule has 0 radical (unpaired) electrons. The van der Waals surface area contributed by atoms with Gasteiger partial charge in [-0.3, -0.25) is 0 Å². The van der Waals surface area contributed by atoms with Crippen LogP contribution in [0.2, 0.25) is 5.35 Å². The Balaban J connectivity index is 2.46. The smallest absolute Gasteiger partial charge is 0.320 e. The van der Waals surface area contributed by atoms with Gasteiger partial charge in [0.2, 0.25) is 5.82 Å². The number of aryl methyl sites for hydroxylation is 1. The molecule has 0 amide bonds. The molecule has 0 atom stereocenters. The third-order valence-electron chi connectivity index (χ3n) is 1.48. The maximum Gasteiger partial charge on any atom is 0.320 e. The van der Waals surface area contributed by atoms with E-state index in [1.54, 1.807) is 11.3 Å². The largest absolute Gasteiger partial charge is 0.321 e. The Labute approximate surface area is 91.8 Å². The van der Waals surface area contributed by atoms with Crippen LogP contribution in [-0.2, 0) is 0 Å². The molecule has 0 aliphatic heterocycles. The Kier molecular flexibility index (Phi) is 2.40. The van der Waals surface area contributed by atoms with Crippen molar-refractivity contribution in [1.29, 1.82) is 0 Å². The number of nitrogens with zero attached hydrogens (tertiary/aromatic N) is 2. The van der Waals surface area contributed by atoms with E-state index in [9.17, 15) is 0 Å². The predicted octanol–water partition coefficient (Wildman–Crippen LogP) is 3.52. The molecule has 3 nitrogen and oxygen atoms in total. The summed E-state index contributed by atoms with van der Waals surface area (Å²) < 4.78 is 5.71. The molecule has 0 aliphatic rings. The number of hydrogen-bond acceptors (Lipinski definition) is 4. The van der Waals surface area contributed by atoms with Crippen molar-refractivity contribution in [3.63, 3.8) is 0 Å². The Morgan fingerprint density at radius 1 is 1.62 bits per heavy atom. The summed E-state index contributed by atoms with van der Waals surface area (Å²) in [6.07, 6.45) is 0. The standard InChI is InChI=1S/C7H4BrClN2OS/c1-3-4(8)2-5(13-3)6-10-7(9)12-11-6/h2H,1H3. The maximum absolute atomic E-state index is 5.51. The number of hydrogen-bond donors (Lipinski definition) is 0. The monoisotopic (exact) mass is 278 g/mol. The van der Waals surface area contributed by atoms with Gasteiger partial charge in [-0.2, -0.15) is 4.98 Å². The van der Waals surface area contributed by atoms with Crippen LogP contribution in [0.15, 0.2) is 15.1 Å². The zero-order valence-electron chi connectivity index (χ0n) is 6.54. The summed E-state index contributed by atoms with van der Waals surface area (Å²) in [6.45, 7) is 2.01. The molecule has 0 aliphatic carbocycles. The minimum atomic E-state index is 0.0668. The molecule has 2 heterocycles. The highest BCUT2D eigenvalue weighted by Gasteiger charge is 2.10. The number of aromatic nitrogens is 2. The van der Waals surface area contributed by atoms with Crippen LogP contribution in [0.1, 0.15) is 4.88 Å². The summed E-state index contributed by atoms with van der Waals surface area (Å²) in [4.78, 5) is 6.03.